The second-order valence-corrected chi connectivity index (χ2v) is 14.7. The van der Waals surface area contributed by atoms with Gasteiger partial charge >= 0.3 is 11.9 Å². The molecule has 0 fully saturated rings. The largest absolute Gasteiger partial charge is 0.466 e. The molecular weight excluding hydrogens is 598 g/mol. The smallest absolute Gasteiger partial charge is 0.308 e. The molecule has 0 spiro atoms. The molecule has 0 aliphatic carbocycles. The van der Waals surface area contributed by atoms with Gasteiger partial charge in [0.2, 0.25) is 0 Å². The number of aliphatic hydroxyl groups excluding tert-OH is 1. The molecule has 0 radical (unpaired) electrons. The molecule has 0 aromatic rings. The van der Waals surface area contributed by atoms with E-state index < -0.39 is 0 Å². The number of carbonyl (C=O) groups excluding carboxylic acids is 2. The third-order valence-corrected chi connectivity index (χ3v) is 9.98. The zero-order chi connectivity index (χ0) is 35.3. The van der Waals surface area contributed by atoms with Crippen LogP contribution in [-0.4, -0.2) is 61.4 Å². The Balaban J connectivity index is 3.80. The Bertz CT molecular complexity index is 677. The summed E-state index contributed by atoms with van der Waals surface area (Å²) in [6.45, 7) is 13.0. The van der Waals surface area contributed by atoms with Crippen LogP contribution in [0.4, 0.5) is 0 Å². The van der Waals surface area contributed by atoms with Crippen molar-refractivity contribution in [2.24, 2.45) is 11.8 Å². The van der Waals surface area contributed by atoms with Crippen molar-refractivity contribution >= 4 is 11.9 Å². The summed E-state index contributed by atoms with van der Waals surface area (Å²) in [5, 5.41) is 9.51. The molecule has 6 nitrogen and oxygen atoms in total. The van der Waals surface area contributed by atoms with Gasteiger partial charge in [-0.25, -0.2) is 0 Å². The Hall–Kier alpha value is -1.14. The summed E-state index contributed by atoms with van der Waals surface area (Å²) >= 11 is 0. The van der Waals surface area contributed by atoms with E-state index in [9.17, 15) is 14.7 Å². The number of unbranched alkanes of at least 4 members (excludes halogenated alkanes) is 17. The highest BCUT2D eigenvalue weighted by molar-refractivity contribution is 5.71. The van der Waals surface area contributed by atoms with Gasteiger partial charge in [-0.1, -0.05) is 156 Å². The average molecular weight is 682 g/mol. The van der Waals surface area contributed by atoms with Crippen LogP contribution in [0.2, 0.25) is 0 Å². The van der Waals surface area contributed by atoms with Gasteiger partial charge in [-0.05, 0) is 64.0 Å². The second-order valence-electron chi connectivity index (χ2n) is 14.7. The highest BCUT2D eigenvalue weighted by Crippen LogP contribution is 2.22. The van der Waals surface area contributed by atoms with Gasteiger partial charge < -0.3 is 19.5 Å². The van der Waals surface area contributed by atoms with E-state index in [1.54, 1.807) is 0 Å². The minimum atomic E-state index is -0.0278. The molecule has 0 saturated heterocycles. The van der Waals surface area contributed by atoms with Crippen molar-refractivity contribution in [2.75, 3.05) is 39.5 Å². The lowest BCUT2D eigenvalue weighted by atomic mass is 9.91. The molecule has 1 N–H and O–H groups in total. The van der Waals surface area contributed by atoms with Gasteiger partial charge in [-0.2, -0.15) is 0 Å². The lowest BCUT2D eigenvalue weighted by molar-refractivity contribution is -0.148. The fourth-order valence-corrected chi connectivity index (χ4v) is 6.67. The number of ether oxygens (including phenoxy) is 2. The molecule has 0 aliphatic rings. The number of hydrogen-bond acceptors (Lipinski definition) is 6. The monoisotopic (exact) mass is 682 g/mol. The number of rotatable bonds is 38. The number of carbonyl (C=O) groups is 2. The number of nitrogens with zero attached hydrogens (tertiary/aromatic N) is 1. The Labute approximate surface area is 299 Å². The van der Waals surface area contributed by atoms with Crippen molar-refractivity contribution in [1.82, 2.24) is 4.90 Å². The molecule has 286 valence electrons. The summed E-state index contributed by atoms with van der Waals surface area (Å²) in [4.78, 5) is 26.9. The van der Waals surface area contributed by atoms with Gasteiger partial charge in [-0.3, -0.25) is 9.59 Å². The fraction of sp³-hybridized carbons (Fsp3) is 0.952. The fourth-order valence-electron chi connectivity index (χ4n) is 6.67. The van der Waals surface area contributed by atoms with Crippen LogP contribution in [0, 0.1) is 11.8 Å². The molecule has 0 rings (SSSR count). The predicted molar refractivity (Wildman–Crippen MR) is 204 cm³/mol. The molecule has 48 heavy (non-hydrogen) atoms. The van der Waals surface area contributed by atoms with E-state index in [0.29, 0.717) is 19.6 Å². The summed E-state index contributed by atoms with van der Waals surface area (Å²) < 4.78 is 11.1. The van der Waals surface area contributed by atoms with Crippen molar-refractivity contribution in [3.8, 4) is 0 Å². The average Bonchev–Trinajstić information content (AvgIpc) is 3.08. The molecule has 6 heteroatoms. The molecule has 1 atom stereocenters. The topological polar surface area (TPSA) is 76.1 Å². The Morgan fingerprint density at radius 2 is 0.979 bits per heavy atom. The van der Waals surface area contributed by atoms with E-state index in [1.807, 2.05) is 6.92 Å². The van der Waals surface area contributed by atoms with Crippen LogP contribution in [0.15, 0.2) is 0 Å². The van der Waals surface area contributed by atoms with Crippen molar-refractivity contribution in [3.63, 3.8) is 0 Å². The maximum Gasteiger partial charge on any atom is 0.308 e. The maximum absolute atomic E-state index is 12.3. The van der Waals surface area contributed by atoms with Gasteiger partial charge in [0.05, 0.1) is 25.7 Å². The van der Waals surface area contributed by atoms with Crippen LogP contribution < -0.4 is 0 Å². The second kappa shape index (κ2) is 37.1. The molecule has 0 saturated carbocycles. The zero-order valence-corrected chi connectivity index (χ0v) is 32.7. The van der Waals surface area contributed by atoms with Crippen LogP contribution in [0.25, 0.3) is 0 Å². The standard InChI is InChI=1S/C42H83NO5/c1-5-8-11-12-13-19-26-37-48-42(46)39(4)28-22-16-18-25-34-43(35-36-44)33-24-17-14-15-23-32-41(45)47-38-27-31-40(29-20-9-6-2)30-21-10-7-3/h39-40,44H,5-38H2,1-4H3. The van der Waals surface area contributed by atoms with E-state index in [2.05, 4.69) is 25.7 Å². The van der Waals surface area contributed by atoms with Gasteiger partial charge in [0.15, 0.2) is 0 Å². The summed E-state index contributed by atoms with van der Waals surface area (Å²) in [5.74, 6) is 0.747. The third-order valence-electron chi connectivity index (χ3n) is 9.98. The van der Waals surface area contributed by atoms with E-state index in [-0.39, 0.29) is 24.5 Å². The van der Waals surface area contributed by atoms with Crippen molar-refractivity contribution in [2.45, 2.75) is 207 Å². The van der Waals surface area contributed by atoms with Crippen molar-refractivity contribution in [1.29, 1.82) is 0 Å². The Morgan fingerprint density at radius 1 is 0.521 bits per heavy atom. The maximum atomic E-state index is 12.3. The lowest BCUT2D eigenvalue weighted by Gasteiger charge is -2.21. The van der Waals surface area contributed by atoms with E-state index >= 15 is 0 Å². The van der Waals surface area contributed by atoms with Crippen LogP contribution in [0.5, 0.6) is 0 Å². The van der Waals surface area contributed by atoms with Gasteiger partial charge in [0, 0.05) is 13.0 Å². The molecule has 0 amide bonds. The molecule has 1 unspecified atom stereocenters. The van der Waals surface area contributed by atoms with E-state index in [1.165, 1.54) is 96.3 Å². The highest BCUT2D eigenvalue weighted by Gasteiger charge is 2.14. The molecule has 0 aromatic carbocycles. The SMILES string of the molecule is CCCCCCCCCOC(=O)C(C)CCCCCCN(CCO)CCCCCCCC(=O)OCCCC(CCCCC)CCCCC. The van der Waals surface area contributed by atoms with E-state index in [0.717, 1.165) is 103 Å². The summed E-state index contributed by atoms with van der Waals surface area (Å²) in [6, 6.07) is 0. The number of esters is 2. The number of hydrogen-bond donors (Lipinski definition) is 1. The predicted octanol–water partition coefficient (Wildman–Crippen LogP) is 11.6. The van der Waals surface area contributed by atoms with Gasteiger partial charge in [0.25, 0.3) is 0 Å². The van der Waals surface area contributed by atoms with Gasteiger partial charge in [-0.15, -0.1) is 0 Å². The highest BCUT2D eigenvalue weighted by atomic mass is 16.5. The van der Waals surface area contributed by atoms with Gasteiger partial charge in [0.1, 0.15) is 0 Å². The number of aliphatic hydroxyl groups is 1. The first-order valence-corrected chi connectivity index (χ1v) is 21.1. The first kappa shape index (κ1) is 46.9. The Kier molecular flexibility index (Phi) is 36.2. The Morgan fingerprint density at radius 3 is 1.58 bits per heavy atom. The molecule has 0 aromatic heterocycles. The molecule has 0 bridgehead atoms. The molecule has 0 heterocycles. The van der Waals surface area contributed by atoms with Crippen LogP contribution in [0.1, 0.15) is 207 Å². The van der Waals surface area contributed by atoms with E-state index in [4.69, 9.17) is 9.47 Å². The van der Waals surface area contributed by atoms with Crippen LogP contribution in [-0.2, 0) is 19.1 Å². The van der Waals surface area contributed by atoms with Crippen molar-refractivity contribution < 1.29 is 24.2 Å². The summed E-state index contributed by atoms with van der Waals surface area (Å²) in [7, 11) is 0. The minimum Gasteiger partial charge on any atom is -0.466 e. The molecular formula is C42H83NO5. The lowest BCUT2D eigenvalue weighted by Crippen LogP contribution is -2.29. The quantitative estimate of drug-likeness (QED) is 0.0516. The minimum absolute atomic E-state index is 0.00553. The third kappa shape index (κ3) is 32.1. The normalized spacial score (nSPS) is 12.2. The van der Waals surface area contributed by atoms with Crippen molar-refractivity contribution in [3.05, 3.63) is 0 Å². The first-order valence-electron chi connectivity index (χ1n) is 21.1. The zero-order valence-electron chi connectivity index (χ0n) is 32.7. The van der Waals surface area contributed by atoms with Crippen LogP contribution in [0.3, 0.4) is 0 Å². The molecule has 0 aliphatic heterocycles. The first-order chi connectivity index (χ1) is 23.5. The summed E-state index contributed by atoms with van der Waals surface area (Å²) in [5.41, 5.74) is 0. The summed E-state index contributed by atoms with van der Waals surface area (Å²) in [6.07, 6.45) is 32.9. The van der Waals surface area contributed by atoms with Crippen LogP contribution >= 0.6 is 0 Å².